The molecule has 0 spiro atoms. The number of aromatic nitrogens is 1. The van der Waals surface area contributed by atoms with Crippen LogP contribution in [0.4, 0.5) is 17.6 Å². The third-order valence-electron chi connectivity index (χ3n) is 3.50. The van der Waals surface area contributed by atoms with E-state index in [4.69, 9.17) is 0 Å². The third kappa shape index (κ3) is 1.98. The fourth-order valence-electron chi connectivity index (χ4n) is 2.43. The van der Waals surface area contributed by atoms with Crippen molar-refractivity contribution in [1.82, 2.24) is 0 Å². The Hall–Kier alpha value is -2.90. The second kappa shape index (κ2) is 5.08. The van der Waals surface area contributed by atoms with E-state index >= 15 is 0 Å². The van der Waals surface area contributed by atoms with Crippen LogP contribution in [0.15, 0.2) is 30.6 Å². The lowest BCUT2D eigenvalue weighted by Crippen LogP contribution is -2.53. The average Bonchev–Trinajstić information content (AvgIpc) is 2.55. The van der Waals surface area contributed by atoms with Gasteiger partial charge in [-0.05, 0) is 0 Å². The summed E-state index contributed by atoms with van der Waals surface area (Å²) in [4.78, 5) is 36.4. The number of pyridine rings is 1. The molecule has 0 fully saturated rings. The van der Waals surface area contributed by atoms with Crippen molar-refractivity contribution in [2.45, 2.75) is 6.04 Å². The molecule has 0 saturated heterocycles. The summed E-state index contributed by atoms with van der Waals surface area (Å²) in [5.74, 6) is -12.8. The molecule has 1 atom stereocenters. The Bertz CT molecular complexity index is 880. The van der Waals surface area contributed by atoms with Crippen molar-refractivity contribution in [3.05, 3.63) is 65.0 Å². The number of benzene rings is 1. The normalized spacial score (nSPS) is 17.4. The molecule has 2 aromatic rings. The van der Waals surface area contributed by atoms with Crippen LogP contribution in [0.3, 0.4) is 0 Å². The summed E-state index contributed by atoms with van der Waals surface area (Å²) in [6.45, 7) is 0. The highest BCUT2D eigenvalue weighted by atomic mass is 19.2. The Morgan fingerprint density at radius 3 is 1.78 bits per heavy atom. The molecule has 1 aliphatic rings. The van der Waals surface area contributed by atoms with Crippen LogP contribution in [0.5, 0.6) is 0 Å². The minimum atomic E-state index is -2.25. The molecule has 4 nitrogen and oxygen atoms in total. The SMILES string of the molecule is O=C1C(=O)C([n+]2ccccc2)C(=O)c2c(F)c(F)c(F)c(F)c21. The summed E-state index contributed by atoms with van der Waals surface area (Å²) >= 11 is 0. The summed E-state index contributed by atoms with van der Waals surface area (Å²) in [6, 6.07) is 2.63. The Morgan fingerprint density at radius 1 is 0.696 bits per heavy atom. The van der Waals surface area contributed by atoms with Crippen molar-refractivity contribution in [3.63, 3.8) is 0 Å². The van der Waals surface area contributed by atoms with Crippen molar-refractivity contribution in [1.29, 1.82) is 0 Å². The number of rotatable bonds is 1. The van der Waals surface area contributed by atoms with Gasteiger partial charge in [0, 0.05) is 12.1 Å². The van der Waals surface area contributed by atoms with Gasteiger partial charge in [0.05, 0.1) is 11.1 Å². The maximum Gasteiger partial charge on any atom is 0.286 e. The molecule has 0 radical (unpaired) electrons. The molecule has 8 heteroatoms. The molecule has 0 amide bonds. The molecule has 1 aromatic carbocycles. The van der Waals surface area contributed by atoms with Crippen molar-refractivity contribution < 1.29 is 36.5 Å². The van der Waals surface area contributed by atoms with E-state index in [-0.39, 0.29) is 0 Å². The first-order chi connectivity index (χ1) is 10.9. The average molecular weight is 324 g/mol. The monoisotopic (exact) mass is 324 g/mol. The quantitative estimate of drug-likeness (QED) is 0.200. The van der Waals surface area contributed by atoms with Crippen LogP contribution in [-0.2, 0) is 4.79 Å². The lowest BCUT2D eigenvalue weighted by Gasteiger charge is -2.19. The van der Waals surface area contributed by atoms with E-state index in [2.05, 4.69) is 0 Å². The maximum atomic E-state index is 13.9. The zero-order valence-corrected chi connectivity index (χ0v) is 11.1. The van der Waals surface area contributed by atoms with Gasteiger partial charge in [-0.2, -0.15) is 4.57 Å². The van der Waals surface area contributed by atoms with E-state index in [9.17, 15) is 31.9 Å². The van der Waals surface area contributed by atoms with Crippen LogP contribution in [0, 0.1) is 23.3 Å². The van der Waals surface area contributed by atoms with Crippen LogP contribution < -0.4 is 4.57 Å². The number of carbonyl (C=O) groups excluding carboxylic acids is 3. The Morgan fingerprint density at radius 2 is 1.22 bits per heavy atom. The highest BCUT2D eigenvalue weighted by Gasteiger charge is 2.50. The standard InChI is InChI=1S/C15H6F4NO3/c16-8-6-7(9(17)11(19)10(8)18)14(22)15(23)12(13(6)21)20-4-2-1-3-5-20/h1-5,12H/q+1. The summed E-state index contributed by atoms with van der Waals surface area (Å²) < 4.78 is 55.2. The Labute approximate surface area is 126 Å². The first-order valence-corrected chi connectivity index (χ1v) is 6.30. The predicted octanol–water partition coefficient (Wildman–Crippen LogP) is 1.72. The van der Waals surface area contributed by atoms with Gasteiger partial charge in [0.1, 0.15) is 0 Å². The number of nitrogens with zero attached hydrogens (tertiary/aromatic N) is 1. The second-order valence-corrected chi connectivity index (χ2v) is 4.79. The maximum absolute atomic E-state index is 13.9. The molecular formula is C15H6F4NO3+. The molecule has 1 aromatic heterocycles. The van der Waals surface area contributed by atoms with Gasteiger partial charge in [-0.25, -0.2) is 17.6 Å². The van der Waals surface area contributed by atoms with Crippen LogP contribution >= 0.6 is 0 Å². The minimum absolute atomic E-state index is 1.00. The van der Waals surface area contributed by atoms with E-state index < -0.39 is 57.8 Å². The first-order valence-electron chi connectivity index (χ1n) is 6.30. The van der Waals surface area contributed by atoms with Gasteiger partial charge in [0.15, 0.2) is 35.7 Å². The van der Waals surface area contributed by atoms with Crippen molar-refractivity contribution in [3.8, 4) is 0 Å². The van der Waals surface area contributed by atoms with Gasteiger partial charge >= 0.3 is 0 Å². The molecule has 1 heterocycles. The predicted molar refractivity (Wildman–Crippen MR) is 65.6 cm³/mol. The Kier molecular flexibility index (Phi) is 3.32. The third-order valence-corrected chi connectivity index (χ3v) is 3.50. The number of halogens is 4. The van der Waals surface area contributed by atoms with Crippen LogP contribution in [0.2, 0.25) is 0 Å². The minimum Gasteiger partial charge on any atom is -0.286 e. The number of fused-ring (bicyclic) bond motifs is 1. The largest absolute Gasteiger partial charge is 0.286 e. The summed E-state index contributed by atoms with van der Waals surface area (Å²) in [6.07, 6.45) is 2.51. The molecule has 1 unspecified atom stereocenters. The van der Waals surface area contributed by atoms with Gasteiger partial charge in [-0.15, -0.1) is 0 Å². The van der Waals surface area contributed by atoms with Crippen LogP contribution in [0.25, 0.3) is 0 Å². The lowest BCUT2D eigenvalue weighted by molar-refractivity contribution is -0.694. The molecule has 116 valence electrons. The van der Waals surface area contributed by atoms with Crippen molar-refractivity contribution >= 4 is 17.3 Å². The highest BCUT2D eigenvalue weighted by molar-refractivity contribution is 6.52. The lowest BCUT2D eigenvalue weighted by atomic mass is 9.84. The first kappa shape index (κ1) is 15.0. The number of Topliss-reactive ketones (excluding diaryl/α,β-unsaturated/α-hetero) is 3. The zero-order chi connectivity index (χ0) is 16.9. The number of carbonyl (C=O) groups is 3. The molecule has 23 heavy (non-hydrogen) atoms. The van der Waals surface area contributed by atoms with Gasteiger partial charge < -0.3 is 0 Å². The van der Waals surface area contributed by atoms with Crippen molar-refractivity contribution in [2.75, 3.05) is 0 Å². The van der Waals surface area contributed by atoms with E-state index in [0.717, 1.165) is 4.57 Å². The summed E-state index contributed by atoms with van der Waals surface area (Å²) in [5, 5.41) is 0. The van der Waals surface area contributed by atoms with Gasteiger partial charge in [-0.3, -0.25) is 14.4 Å². The zero-order valence-electron chi connectivity index (χ0n) is 11.1. The Balaban J connectivity index is 2.32. The molecule has 3 rings (SSSR count). The highest BCUT2D eigenvalue weighted by Crippen LogP contribution is 2.31. The van der Waals surface area contributed by atoms with E-state index in [1.165, 1.54) is 24.5 Å². The molecule has 0 bridgehead atoms. The topological polar surface area (TPSA) is 55.1 Å². The summed E-state index contributed by atoms with van der Waals surface area (Å²) in [7, 11) is 0. The van der Waals surface area contributed by atoms with Gasteiger partial charge in [0.2, 0.25) is 11.6 Å². The number of hydrogen-bond acceptors (Lipinski definition) is 3. The van der Waals surface area contributed by atoms with Gasteiger partial charge in [-0.1, -0.05) is 6.07 Å². The second-order valence-electron chi connectivity index (χ2n) is 4.79. The van der Waals surface area contributed by atoms with Crippen molar-refractivity contribution in [2.24, 2.45) is 0 Å². The number of ketones is 3. The fraction of sp³-hybridized carbons (Fsp3) is 0.0667. The van der Waals surface area contributed by atoms with E-state index in [0.29, 0.717) is 0 Å². The number of hydrogen-bond donors (Lipinski definition) is 0. The van der Waals surface area contributed by atoms with E-state index in [1.54, 1.807) is 6.07 Å². The van der Waals surface area contributed by atoms with Crippen LogP contribution in [-0.4, -0.2) is 17.3 Å². The molecular weight excluding hydrogens is 318 g/mol. The summed E-state index contributed by atoms with van der Waals surface area (Å²) in [5.41, 5.74) is -2.63. The molecule has 0 saturated carbocycles. The molecule has 0 aliphatic heterocycles. The van der Waals surface area contributed by atoms with Gasteiger partial charge in [0.25, 0.3) is 11.8 Å². The molecule has 0 N–H and O–H groups in total. The fourth-order valence-corrected chi connectivity index (χ4v) is 2.43. The van der Waals surface area contributed by atoms with E-state index in [1.807, 2.05) is 0 Å². The molecule has 1 aliphatic carbocycles. The van der Waals surface area contributed by atoms with Crippen LogP contribution in [0.1, 0.15) is 26.8 Å². The smallest absolute Gasteiger partial charge is 0.286 e.